The first-order valence-corrected chi connectivity index (χ1v) is 9.06. The molecule has 1 heteroatoms. The summed E-state index contributed by atoms with van der Waals surface area (Å²) in [6.07, 6.45) is 2.10. The molecule has 0 saturated heterocycles. The van der Waals surface area contributed by atoms with Gasteiger partial charge in [-0.05, 0) is 12.8 Å². The molecule has 0 heterocycles. The van der Waals surface area contributed by atoms with Gasteiger partial charge in [0, 0.05) is 25.8 Å². The number of rotatable bonds is 0. The van der Waals surface area contributed by atoms with E-state index in [4.69, 9.17) is 0 Å². The fourth-order valence-electron chi connectivity index (χ4n) is 4.00. The predicted octanol–water partition coefficient (Wildman–Crippen LogP) is 7.01. The first kappa shape index (κ1) is 23.0. The van der Waals surface area contributed by atoms with Crippen molar-refractivity contribution in [1.82, 2.24) is 0 Å². The molecule has 0 saturated carbocycles. The Morgan fingerprint density at radius 2 is 0.862 bits per heavy atom. The van der Waals surface area contributed by atoms with E-state index in [0.29, 0.717) is 0 Å². The first-order valence-electron chi connectivity index (χ1n) is 9.06. The summed E-state index contributed by atoms with van der Waals surface area (Å²) in [4.78, 5) is 0. The molecule has 0 fully saturated rings. The summed E-state index contributed by atoms with van der Waals surface area (Å²) >= 11 is 0. The van der Waals surface area contributed by atoms with Crippen molar-refractivity contribution in [2.75, 3.05) is 0 Å². The van der Waals surface area contributed by atoms with Crippen LogP contribution in [0, 0.1) is 27.0 Å². The molecular formula is C28H24Sc-4. The summed E-state index contributed by atoms with van der Waals surface area (Å²) in [5, 5.41) is 0. The standard InChI is InChI=1S/2C13H9.2CH3.Sc/c2*1-3-7-12-10(5-1)9-11-6-2-4-8-13(11)12;;;/h2*1-5,7-8H,9H2;2*1H3;/q4*-1;. The first-order chi connectivity index (χ1) is 12.9. The molecule has 0 N–H and O–H groups in total. The van der Waals surface area contributed by atoms with Crippen LogP contribution in [-0.4, -0.2) is 0 Å². The molecular weight excluding hydrogens is 381 g/mol. The topological polar surface area (TPSA) is 0 Å². The molecule has 0 aliphatic heterocycles. The van der Waals surface area contributed by atoms with E-state index in [1.54, 1.807) is 0 Å². The summed E-state index contributed by atoms with van der Waals surface area (Å²) in [6, 6.07) is 36.2. The van der Waals surface area contributed by atoms with Crippen LogP contribution in [0.2, 0.25) is 0 Å². The minimum atomic E-state index is 0. The Labute approximate surface area is 194 Å². The molecule has 2 aliphatic carbocycles. The molecule has 1 radical (unpaired) electrons. The van der Waals surface area contributed by atoms with Gasteiger partial charge in [-0.25, -0.2) is 0 Å². The van der Waals surface area contributed by atoms with Crippen LogP contribution in [0.15, 0.2) is 84.9 Å². The van der Waals surface area contributed by atoms with Gasteiger partial charge in [-0.3, -0.25) is 0 Å². The van der Waals surface area contributed by atoms with Crippen molar-refractivity contribution in [3.05, 3.63) is 134 Å². The third-order valence-electron chi connectivity index (χ3n) is 5.23. The predicted molar refractivity (Wildman–Crippen MR) is 120 cm³/mol. The minimum Gasteiger partial charge on any atom is -0.358 e. The smallest absolute Gasteiger partial charge is 0 e. The van der Waals surface area contributed by atoms with Crippen LogP contribution in [-0.2, 0) is 38.7 Å². The van der Waals surface area contributed by atoms with Crippen molar-refractivity contribution in [3.8, 4) is 22.3 Å². The maximum Gasteiger partial charge on any atom is 0 e. The van der Waals surface area contributed by atoms with Crippen molar-refractivity contribution >= 4 is 0 Å². The van der Waals surface area contributed by atoms with Crippen molar-refractivity contribution in [2.45, 2.75) is 12.8 Å². The van der Waals surface area contributed by atoms with Gasteiger partial charge in [0.15, 0.2) is 0 Å². The molecule has 4 aromatic rings. The van der Waals surface area contributed by atoms with E-state index in [1.807, 2.05) is 12.1 Å². The minimum absolute atomic E-state index is 0. The van der Waals surface area contributed by atoms with Gasteiger partial charge < -0.3 is 14.9 Å². The molecule has 143 valence electrons. The second-order valence-corrected chi connectivity index (χ2v) is 6.79. The van der Waals surface area contributed by atoms with E-state index in [-0.39, 0.29) is 40.7 Å². The maximum atomic E-state index is 3.30. The summed E-state index contributed by atoms with van der Waals surface area (Å²) in [7, 11) is 0. The number of fused-ring (bicyclic) bond motifs is 6. The summed E-state index contributed by atoms with van der Waals surface area (Å²) < 4.78 is 0. The quantitative estimate of drug-likeness (QED) is 0.238. The Kier molecular flexibility index (Phi) is 7.93. The zero-order chi connectivity index (χ0) is 17.3. The van der Waals surface area contributed by atoms with Crippen molar-refractivity contribution in [3.63, 3.8) is 0 Å². The van der Waals surface area contributed by atoms with Crippen LogP contribution in [0.3, 0.4) is 0 Å². The molecule has 4 aromatic carbocycles. The Hall–Kier alpha value is -2.25. The van der Waals surface area contributed by atoms with Gasteiger partial charge in [0.25, 0.3) is 0 Å². The fourth-order valence-corrected chi connectivity index (χ4v) is 4.00. The summed E-state index contributed by atoms with van der Waals surface area (Å²) in [6.45, 7) is 0. The third kappa shape index (κ3) is 4.36. The normalized spacial score (nSPS) is 11.0. The monoisotopic (exact) mass is 405 g/mol. The molecule has 0 aromatic heterocycles. The van der Waals surface area contributed by atoms with Crippen LogP contribution in [0.1, 0.15) is 22.3 Å². The number of hydrogen-bond donors (Lipinski definition) is 0. The Bertz CT molecular complexity index is 918. The molecule has 0 unspecified atom stereocenters. The summed E-state index contributed by atoms with van der Waals surface area (Å²) in [5.74, 6) is 0. The van der Waals surface area contributed by atoms with Gasteiger partial charge in [-0.15, -0.1) is 11.1 Å². The molecule has 0 nitrogen and oxygen atoms in total. The summed E-state index contributed by atoms with van der Waals surface area (Å²) in [5.41, 5.74) is 11.0. The van der Waals surface area contributed by atoms with Crippen molar-refractivity contribution in [1.29, 1.82) is 0 Å². The number of hydrogen-bond acceptors (Lipinski definition) is 0. The Balaban J connectivity index is 0.000000187. The van der Waals surface area contributed by atoms with Crippen LogP contribution >= 0.6 is 0 Å². The second-order valence-electron chi connectivity index (χ2n) is 6.79. The average molecular weight is 405 g/mol. The molecule has 2 aliphatic rings. The molecule has 0 bridgehead atoms. The average Bonchev–Trinajstić information content (AvgIpc) is 3.27. The van der Waals surface area contributed by atoms with E-state index in [9.17, 15) is 0 Å². The van der Waals surface area contributed by atoms with Crippen molar-refractivity contribution in [2.24, 2.45) is 0 Å². The SMILES string of the molecule is [CH3-].[CH3-].[Sc].[c-]1cccc2c1Cc1ccccc1-2.[c-]1cccc2c1Cc1ccccc1-2. The van der Waals surface area contributed by atoms with E-state index >= 15 is 0 Å². The van der Waals surface area contributed by atoms with Crippen molar-refractivity contribution < 1.29 is 25.8 Å². The van der Waals surface area contributed by atoms with Gasteiger partial charge in [0.1, 0.15) is 0 Å². The Morgan fingerprint density at radius 3 is 1.31 bits per heavy atom. The Morgan fingerprint density at radius 1 is 0.483 bits per heavy atom. The zero-order valence-electron chi connectivity index (χ0n) is 17.1. The van der Waals surface area contributed by atoms with Gasteiger partial charge >= 0.3 is 0 Å². The third-order valence-corrected chi connectivity index (χ3v) is 5.23. The van der Waals surface area contributed by atoms with Crippen LogP contribution < -0.4 is 0 Å². The second kappa shape index (κ2) is 9.98. The zero-order valence-corrected chi connectivity index (χ0v) is 18.9. The maximum absolute atomic E-state index is 3.30. The van der Waals surface area contributed by atoms with E-state index in [2.05, 4.69) is 84.9 Å². The van der Waals surface area contributed by atoms with E-state index < -0.39 is 0 Å². The molecule has 0 amide bonds. The van der Waals surface area contributed by atoms with Crippen LogP contribution in [0.25, 0.3) is 22.3 Å². The van der Waals surface area contributed by atoms with Gasteiger partial charge in [0.05, 0.1) is 0 Å². The molecule has 0 atom stereocenters. The van der Waals surface area contributed by atoms with Gasteiger partial charge in [0.2, 0.25) is 0 Å². The van der Waals surface area contributed by atoms with Crippen LogP contribution in [0.5, 0.6) is 0 Å². The molecule has 29 heavy (non-hydrogen) atoms. The van der Waals surface area contributed by atoms with E-state index in [1.165, 1.54) is 44.5 Å². The van der Waals surface area contributed by atoms with E-state index in [0.717, 1.165) is 12.8 Å². The fraction of sp³-hybridized carbons (Fsp3) is 0.0714. The van der Waals surface area contributed by atoms with Crippen LogP contribution in [0.4, 0.5) is 0 Å². The van der Waals surface area contributed by atoms with Gasteiger partial charge in [-0.2, -0.15) is 59.7 Å². The largest absolute Gasteiger partial charge is 0.358 e. The number of benzene rings is 4. The van der Waals surface area contributed by atoms with Gasteiger partial charge in [-0.1, -0.05) is 70.8 Å². The molecule has 6 rings (SSSR count). The molecule has 0 spiro atoms.